The second-order valence-corrected chi connectivity index (χ2v) is 6.64. The summed E-state index contributed by atoms with van der Waals surface area (Å²) >= 11 is 0. The van der Waals surface area contributed by atoms with E-state index >= 15 is 0 Å². The third kappa shape index (κ3) is 2.25. The van der Waals surface area contributed by atoms with Crippen LogP contribution < -0.4 is 0 Å². The molecule has 4 aromatic carbocycles. The van der Waals surface area contributed by atoms with Gasteiger partial charge >= 0.3 is 0 Å². The van der Waals surface area contributed by atoms with E-state index in [0.717, 1.165) is 11.2 Å². The lowest BCUT2D eigenvalue weighted by Gasteiger charge is -2.14. The molecule has 5 aromatic rings. The Morgan fingerprint density at radius 3 is 2.15 bits per heavy atom. The van der Waals surface area contributed by atoms with Crippen LogP contribution in [0.1, 0.15) is 5.56 Å². The van der Waals surface area contributed by atoms with Crippen LogP contribution in [0.15, 0.2) is 95.4 Å². The van der Waals surface area contributed by atoms with Gasteiger partial charge in [-0.05, 0) is 46.9 Å². The first-order valence-corrected chi connectivity index (χ1v) is 8.88. The molecular formula is C25H18O. The van der Waals surface area contributed by atoms with Crippen LogP contribution in [0.2, 0.25) is 0 Å². The number of aryl methyl sites for hydroxylation is 1. The van der Waals surface area contributed by atoms with Gasteiger partial charge in [-0.2, -0.15) is 0 Å². The Labute approximate surface area is 152 Å². The number of hydrogen-bond donors (Lipinski definition) is 0. The molecule has 26 heavy (non-hydrogen) atoms. The van der Waals surface area contributed by atoms with Gasteiger partial charge < -0.3 is 4.42 Å². The Bertz CT molecular complexity index is 1230. The minimum atomic E-state index is 0.934. The summed E-state index contributed by atoms with van der Waals surface area (Å²) < 4.78 is 6.09. The zero-order valence-electron chi connectivity index (χ0n) is 14.6. The highest BCUT2D eigenvalue weighted by Crippen LogP contribution is 2.41. The summed E-state index contributed by atoms with van der Waals surface area (Å²) in [6.07, 6.45) is 0. The van der Waals surface area contributed by atoms with Gasteiger partial charge in [-0.1, -0.05) is 78.9 Å². The fourth-order valence-electron chi connectivity index (χ4n) is 3.88. The molecular weight excluding hydrogens is 316 g/mol. The number of hydrogen-bond acceptors (Lipinski definition) is 1. The van der Waals surface area contributed by atoms with Crippen molar-refractivity contribution in [2.45, 2.75) is 6.92 Å². The number of furan rings is 1. The third-order valence-corrected chi connectivity index (χ3v) is 5.03. The van der Waals surface area contributed by atoms with Gasteiger partial charge in [0.05, 0.1) is 0 Å². The van der Waals surface area contributed by atoms with Gasteiger partial charge in [-0.15, -0.1) is 0 Å². The van der Waals surface area contributed by atoms with E-state index in [2.05, 4.69) is 85.8 Å². The van der Waals surface area contributed by atoms with Gasteiger partial charge in [-0.3, -0.25) is 0 Å². The molecule has 0 radical (unpaired) electrons. The largest absolute Gasteiger partial charge is 0.456 e. The SMILES string of the molecule is Cc1cccc(-c2cccc3oc4ccccc4c23)c1-c1ccccc1. The predicted octanol–water partition coefficient (Wildman–Crippen LogP) is 7.23. The first-order valence-electron chi connectivity index (χ1n) is 8.88. The Kier molecular flexibility index (Phi) is 3.39. The van der Waals surface area contributed by atoms with Crippen molar-refractivity contribution in [3.63, 3.8) is 0 Å². The van der Waals surface area contributed by atoms with Gasteiger partial charge in [0.2, 0.25) is 0 Å². The molecule has 0 bridgehead atoms. The molecule has 0 fully saturated rings. The van der Waals surface area contributed by atoms with E-state index in [1.807, 2.05) is 12.1 Å². The van der Waals surface area contributed by atoms with Gasteiger partial charge in [0.15, 0.2) is 0 Å². The highest BCUT2D eigenvalue weighted by Gasteiger charge is 2.16. The zero-order chi connectivity index (χ0) is 17.5. The van der Waals surface area contributed by atoms with Gasteiger partial charge in [0.1, 0.15) is 11.2 Å². The van der Waals surface area contributed by atoms with Crippen LogP contribution in [0.5, 0.6) is 0 Å². The van der Waals surface area contributed by atoms with Crippen molar-refractivity contribution in [3.05, 3.63) is 96.6 Å². The van der Waals surface area contributed by atoms with Crippen LogP contribution in [0.4, 0.5) is 0 Å². The van der Waals surface area contributed by atoms with Crippen molar-refractivity contribution < 1.29 is 4.42 Å². The average molecular weight is 334 g/mol. The number of rotatable bonds is 2. The molecule has 1 heterocycles. The predicted molar refractivity (Wildman–Crippen MR) is 109 cm³/mol. The van der Waals surface area contributed by atoms with Gasteiger partial charge in [0.25, 0.3) is 0 Å². The molecule has 0 saturated carbocycles. The van der Waals surface area contributed by atoms with Gasteiger partial charge in [0, 0.05) is 10.8 Å². The van der Waals surface area contributed by atoms with Crippen LogP contribution in [0.25, 0.3) is 44.2 Å². The summed E-state index contributed by atoms with van der Waals surface area (Å²) in [5.74, 6) is 0. The van der Waals surface area contributed by atoms with Crippen LogP contribution in [0.3, 0.4) is 0 Å². The van der Waals surface area contributed by atoms with Crippen molar-refractivity contribution in [1.82, 2.24) is 0 Å². The molecule has 1 aromatic heterocycles. The molecule has 0 saturated heterocycles. The summed E-state index contributed by atoms with van der Waals surface area (Å²) in [6, 6.07) is 31.7. The van der Waals surface area contributed by atoms with Crippen LogP contribution in [-0.4, -0.2) is 0 Å². The fraction of sp³-hybridized carbons (Fsp3) is 0.0400. The third-order valence-electron chi connectivity index (χ3n) is 5.03. The molecule has 124 valence electrons. The maximum absolute atomic E-state index is 6.09. The van der Waals surface area contributed by atoms with Crippen LogP contribution in [0, 0.1) is 6.92 Å². The molecule has 0 aliphatic heterocycles. The fourth-order valence-corrected chi connectivity index (χ4v) is 3.88. The molecule has 0 aliphatic rings. The minimum Gasteiger partial charge on any atom is -0.456 e. The maximum Gasteiger partial charge on any atom is 0.136 e. The maximum atomic E-state index is 6.09. The van der Waals surface area contributed by atoms with E-state index < -0.39 is 0 Å². The first kappa shape index (κ1) is 15.0. The van der Waals surface area contributed by atoms with Crippen molar-refractivity contribution >= 4 is 21.9 Å². The smallest absolute Gasteiger partial charge is 0.136 e. The standard InChI is InChI=1S/C25H18O/c1-17-9-7-13-19(24(17)18-10-3-2-4-11-18)20-14-8-16-23-25(20)21-12-5-6-15-22(21)26-23/h2-16H,1H3. The summed E-state index contributed by atoms with van der Waals surface area (Å²) in [5, 5.41) is 2.35. The van der Waals surface area contributed by atoms with E-state index in [1.165, 1.54) is 38.6 Å². The van der Waals surface area contributed by atoms with E-state index in [9.17, 15) is 0 Å². The Balaban J connectivity index is 1.89. The zero-order valence-corrected chi connectivity index (χ0v) is 14.6. The highest BCUT2D eigenvalue weighted by molar-refractivity contribution is 6.13. The highest BCUT2D eigenvalue weighted by atomic mass is 16.3. The Morgan fingerprint density at radius 2 is 1.27 bits per heavy atom. The molecule has 0 unspecified atom stereocenters. The molecule has 1 nitrogen and oxygen atoms in total. The molecule has 0 amide bonds. The molecule has 0 spiro atoms. The van der Waals surface area contributed by atoms with Crippen molar-refractivity contribution in [2.75, 3.05) is 0 Å². The summed E-state index contributed by atoms with van der Waals surface area (Å²) in [7, 11) is 0. The lowest BCUT2D eigenvalue weighted by Crippen LogP contribution is -1.89. The molecule has 0 atom stereocenters. The molecule has 5 rings (SSSR count). The summed E-state index contributed by atoms with van der Waals surface area (Å²) in [4.78, 5) is 0. The average Bonchev–Trinajstić information content (AvgIpc) is 3.07. The molecule has 0 aliphatic carbocycles. The minimum absolute atomic E-state index is 0.934. The van der Waals surface area contributed by atoms with E-state index in [1.54, 1.807) is 0 Å². The van der Waals surface area contributed by atoms with Crippen LogP contribution in [-0.2, 0) is 0 Å². The molecule has 1 heteroatoms. The van der Waals surface area contributed by atoms with E-state index in [-0.39, 0.29) is 0 Å². The van der Waals surface area contributed by atoms with Crippen LogP contribution >= 0.6 is 0 Å². The molecule has 0 N–H and O–H groups in total. The monoisotopic (exact) mass is 334 g/mol. The topological polar surface area (TPSA) is 13.1 Å². The summed E-state index contributed by atoms with van der Waals surface area (Å²) in [6.45, 7) is 2.18. The Morgan fingerprint density at radius 1 is 0.577 bits per heavy atom. The van der Waals surface area contributed by atoms with Gasteiger partial charge in [-0.25, -0.2) is 0 Å². The quantitative estimate of drug-likeness (QED) is 0.332. The number of benzene rings is 4. The number of fused-ring (bicyclic) bond motifs is 3. The van der Waals surface area contributed by atoms with Crippen molar-refractivity contribution in [1.29, 1.82) is 0 Å². The second kappa shape index (κ2) is 5.89. The lowest BCUT2D eigenvalue weighted by atomic mass is 9.89. The second-order valence-electron chi connectivity index (χ2n) is 6.64. The number of para-hydroxylation sites is 1. The lowest BCUT2D eigenvalue weighted by molar-refractivity contribution is 0.669. The van der Waals surface area contributed by atoms with E-state index in [4.69, 9.17) is 4.42 Å². The normalized spacial score (nSPS) is 11.3. The Hall–Kier alpha value is -3.32. The van der Waals surface area contributed by atoms with Crippen molar-refractivity contribution in [2.24, 2.45) is 0 Å². The summed E-state index contributed by atoms with van der Waals surface area (Å²) in [5.41, 5.74) is 8.13. The first-order chi connectivity index (χ1) is 12.8. The van der Waals surface area contributed by atoms with Crippen molar-refractivity contribution in [3.8, 4) is 22.3 Å². The van der Waals surface area contributed by atoms with E-state index in [0.29, 0.717) is 0 Å².